The molecule has 0 aromatic heterocycles. The molecular formula is C85H102F3O9S5+5. The topological polar surface area (TPSA) is 94.1 Å². The van der Waals surface area contributed by atoms with Gasteiger partial charge >= 0.3 is 6.18 Å². The van der Waals surface area contributed by atoms with Gasteiger partial charge in [-0.05, 0) is 155 Å². The molecule has 10 aromatic rings. The first-order valence-electron chi connectivity index (χ1n) is 36.5. The molecule has 102 heavy (non-hydrogen) atoms. The molecule has 15 rings (SSSR count). The summed E-state index contributed by atoms with van der Waals surface area (Å²) in [7, 11) is 5.04. The number of rotatable bonds is 19. The van der Waals surface area contributed by atoms with E-state index >= 15 is 0 Å². The maximum Gasteiger partial charge on any atom is 0.422 e. The van der Waals surface area contributed by atoms with Gasteiger partial charge in [0.05, 0.1) is 46.2 Å². The molecule has 17 heteroatoms. The second-order valence-electron chi connectivity index (χ2n) is 25.8. The average Bonchev–Trinajstić information content (AvgIpc) is 0.824. The van der Waals surface area contributed by atoms with Crippen LogP contribution in [0.15, 0.2) is 206 Å². The van der Waals surface area contributed by atoms with Crippen LogP contribution < -0.4 is 18.9 Å². The molecule has 10 aromatic carbocycles. The Labute approximate surface area is 616 Å². The van der Waals surface area contributed by atoms with Crippen LogP contribution in [-0.4, -0.2) is 149 Å². The second-order valence-corrected chi connectivity index (χ2v) is 37.0. The lowest BCUT2D eigenvalue weighted by molar-refractivity contribution is -0.153. The first kappa shape index (κ1) is 77.0. The molecule has 0 atom stereocenters. The predicted octanol–water partition coefficient (Wildman–Crippen LogP) is 19.6. The van der Waals surface area contributed by atoms with E-state index in [0.717, 1.165) is 95.9 Å². The Balaban J connectivity index is 0.000000128. The number of phenolic OH excluding ortho intramolecular Hbond substituents is 1. The molecule has 5 fully saturated rings. The van der Waals surface area contributed by atoms with Crippen LogP contribution in [0.5, 0.6) is 28.7 Å². The lowest BCUT2D eigenvalue weighted by Crippen LogP contribution is -2.26. The molecule has 0 radical (unpaired) electrons. The lowest BCUT2D eigenvalue weighted by atomic mass is 10.1. The Bertz CT molecular complexity index is 3950. The highest BCUT2D eigenvalue weighted by molar-refractivity contribution is 7.98. The van der Waals surface area contributed by atoms with Gasteiger partial charge in [-0.15, -0.1) is 0 Å². The molecule has 0 unspecified atom stereocenters. The molecule has 5 aliphatic rings. The van der Waals surface area contributed by atoms with E-state index in [2.05, 4.69) is 128 Å². The highest BCUT2D eigenvalue weighted by Crippen LogP contribution is 2.40. The first-order chi connectivity index (χ1) is 50.1. The number of alkyl halides is 3. The third-order valence-corrected chi connectivity index (χ3v) is 31.0. The fourth-order valence-corrected chi connectivity index (χ4v) is 25.1. The fourth-order valence-electron chi connectivity index (χ4n) is 13.6. The summed E-state index contributed by atoms with van der Waals surface area (Å²) in [6.45, 7) is 7.68. The minimum Gasteiger partial charge on any atom is -0.507 e. The number of phenols is 1. The third-order valence-electron chi connectivity index (χ3n) is 18.8. The number of aromatic hydroxyl groups is 1. The molecule has 542 valence electrons. The normalized spacial score (nSPS) is 16.6. The van der Waals surface area contributed by atoms with E-state index in [1.54, 1.807) is 25.2 Å². The molecule has 5 heterocycles. The van der Waals surface area contributed by atoms with E-state index in [1.807, 2.05) is 54.6 Å². The minimum atomic E-state index is -4.31. The maximum atomic E-state index is 12.4. The van der Waals surface area contributed by atoms with Crippen molar-refractivity contribution in [3.05, 3.63) is 182 Å². The number of unbranched alkanes of at least 4 members (excludes halogenated alkanes) is 1. The highest BCUT2D eigenvalue weighted by atomic mass is 32.2. The van der Waals surface area contributed by atoms with Gasteiger partial charge in [0.1, 0.15) is 99.5 Å². The van der Waals surface area contributed by atoms with Gasteiger partial charge in [-0.3, -0.25) is 0 Å². The van der Waals surface area contributed by atoms with E-state index in [0.29, 0.717) is 70.6 Å². The van der Waals surface area contributed by atoms with E-state index in [9.17, 15) is 18.3 Å². The zero-order valence-corrected chi connectivity index (χ0v) is 63.7. The van der Waals surface area contributed by atoms with Gasteiger partial charge in [-0.1, -0.05) is 104 Å². The summed E-state index contributed by atoms with van der Waals surface area (Å²) in [5, 5.41) is 21.7. The predicted molar refractivity (Wildman–Crippen MR) is 428 cm³/mol. The van der Waals surface area contributed by atoms with Gasteiger partial charge in [-0.25, -0.2) is 0 Å². The van der Waals surface area contributed by atoms with Crippen LogP contribution in [0.25, 0.3) is 53.9 Å². The molecule has 0 bridgehead atoms. The zero-order valence-electron chi connectivity index (χ0n) is 59.6. The van der Waals surface area contributed by atoms with Crippen molar-refractivity contribution in [3.8, 4) is 28.7 Å². The van der Waals surface area contributed by atoms with Crippen LogP contribution in [0.3, 0.4) is 0 Å². The number of hydrogen-bond donors (Lipinski definition) is 1. The third kappa shape index (κ3) is 21.3. The second kappa shape index (κ2) is 40.4. The lowest BCUT2D eigenvalue weighted by Gasteiger charge is -2.17. The van der Waals surface area contributed by atoms with Crippen LogP contribution >= 0.6 is 0 Å². The Hall–Kier alpha value is -6.12. The number of halogens is 3. The Morgan fingerprint density at radius 3 is 0.912 bits per heavy atom. The SMILES string of the molecule is CCCCOc1ccc([S+]2CCCCC2)c2ccccc12.COCCOc1ccc([S+]2CCCCC2)c2ccccc12.COCCOc1ccc([S+]2CCOCC2)c2ccccc12.FC(F)(F)COc1ccc([S+]2CCCCC2)c2ccccc12.Oc1ccc([S+]2CCOCC2)c2ccccc12. The summed E-state index contributed by atoms with van der Waals surface area (Å²) in [5.41, 5.74) is 0. The number of hydrogen-bond acceptors (Lipinski definition) is 9. The van der Waals surface area contributed by atoms with Crippen molar-refractivity contribution in [1.82, 2.24) is 0 Å². The van der Waals surface area contributed by atoms with Gasteiger partial charge in [0.25, 0.3) is 0 Å². The molecule has 5 aliphatic heterocycles. The van der Waals surface area contributed by atoms with Crippen molar-refractivity contribution in [1.29, 1.82) is 0 Å². The van der Waals surface area contributed by atoms with Gasteiger partial charge in [0, 0.05) is 123 Å². The van der Waals surface area contributed by atoms with Crippen LogP contribution in [0.1, 0.15) is 77.6 Å². The molecule has 0 spiro atoms. The van der Waals surface area contributed by atoms with E-state index in [1.165, 1.54) is 156 Å². The number of fused-ring (bicyclic) bond motifs is 5. The van der Waals surface area contributed by atoms with Crippen LogP contribution in [-0.2, 0) is 73.4 Å². The molecular weight excluding hydrogens is 1380 g/mol. The largest absolute Gasteiger partial charge is 0.507 e. The molecule has 9 nitrogen and oxygen atoms in total. The van der Waals surface area contributed by atoms with Crippen LogP contribution in [0.4, 0.5) is 13.2 Å². The molecule has 0 aliphatic carbocycles. The number of benzene rings is 10. The van der Waals surface area contributed by atoms with Crippen molar-refractivity contribution in [3.63, 3.8) is 0 Å². The fraction of sp³-hybridized carbons (Fsp3) is 0.412. The molecule has 5 saturated heterocycles. The summed E-state index contributed by atoms with van der Waals surface area (Å²) in [4.78, 5) is 7.20. The standard InChI is InChI=1S/C19H25OS.C18H23O2S.C17H18F3OS.C17H21O3S.C14H14O2S/c1-2-3-13-20-18-11-12-19(21-14-7-4-8-15-21)17-10-6-5-9-16(17)18;1-19-11-12-20-17-9-10-18(21-13-5-2-6-14-21)16-8-4-3-7-15(16)17;18-17(19,20)12-21-15-8-9-16(22-10-4-1-5-11-22)14-7-3-2-6-13(14)15;1-18-8-9-20-16-6-7-17(21-12-10-19-11-13-21)15-5-3-2-4-14(15)16;15-13-5-6-14(17-9-7-16-8-10-17)12-4-2-1-3-11(12)13/h5-6,9-12H,2-4,7-8,13-15H2,1H3;3-4,7-10H,2,5-6,11-14H2,1H3;2-3,6-9H,1,4-5,10-12H2;2-7H,8-13H2,1H3;1-6H,7-10H2/q4*+1;/p+1. The molecule has 1 N–H and O–H groups in total. The van der Waals surface area contributed by atoms with Crippen LogP contribution in [0.2, 0.25) is 0 Å². The first-order valence-corrected chi connectivity index (χ1v) is 44.3. The Kier molecular flexibility index (Phi) is 30.5. The summed E-state index contributed by atoms with van der Waals surface area (Å²) < 4.78 is 80.9. The monoisotopic (exact) mass is 1480 g/mol. The summed E-state index contributed by atoms with van der Waals surface area (Å²) in [5.74, 6) is 16.0. The maximum absolute atomic E-state index is 12.4. The number of ether oxygens (including phenoxy) is 8. The zero-order chi connectivity index (χ0) is 70.7. The van der Waals surface area contributed by atoms with E-state index in [-0.39, 0.29) is 21.8 Å². The summed E-state index contributed by atoms with van der Waals surface area (Å²) in [6.07, 6.45) is 10.1. The Morgan fingerprint density at radius 2 is 0.598 bits per heavy atom. The molecule has 0 amide bonds. The smallest absolute Gasteiger partial charge is 0.422 e. The van der Waals surface area contributed by atoms with Gasteiger partial charge in [0.15, 0.2) is 31.1 Å². The van der Waals surface area contributed by atoms with Crippen molar-refractivity contribution in [2.75, 3.05) is 138 Å². The van der Waals surface area contributed by atoms with Crippen molar-refractivity contribution in [2.45, 2.75) is 108 Å². The van der Waals surface area contributed by atoms with Gasteiger partial charge < -0.3 is 43.0 Å². The molecule has 0 saturated carbocycles. The van der Waals surface area contributed by atoms with E-state index in [4.69, 9.17) is 37.9 Å². The average molecular weight is 1490 g/mol. The number of methoxy groups -OCH3 is 2. The van der Waals surface area contributed by atoms with Crippen molar-refractivity contribution < 1.29 is 56.2 Å². The highest BCUT2D eigenvalue weighted by Gasteiger charge is 2.34. The summed E-state index contributed by atoms with van der Waals surface area (Å²) >= 11 is 0. The van der Waals surface area contributed by atoms with Gasteiger partial charge in [-0.2, -0.15) is 13.2 Å². The van der Waals surface area contributed by atoms with Crippen molar-refractivity contribution >= 4 is 108 Å². The van der Waals surface area contributed by atoms with Crippen LogP contribution in [0, 0.1) is 0 Å². The van der Waals surface area contributed by atoms with Gasteiger partial charge in [0.2, 0.25) is 0 Å². The Morgan fingerprint density at radius 1 is 0.324 bits per heavy atom. The van der Waals surface area contributed by atoms with Crippen molar-refractivity contribution in [2.24, 2.45) is 0 Å². The van der Waals surface area contributed by atoms with E-state index < -0.39 is 12.8 Å². The summed E-state index contributed by atoms with van der Waals surface area (Å²) in [6, 6.07) is 62.5. The minimum absolute atomic E-state index is 0.210. The quantitative estimate of drug-likeness (QED) is 0.0627.